The lowest BCUT2D eigenvalue weighted by molar-refractivity contribution is -0.118. The molecule has 0 amide bonds. The molecule has 5 rings (SSSR count). The number of halogens is 1. The zero-order valence-corrected chi connectivity index (χ0v) is 17.2. The minimum absolute atomic E-state index is 0.109. The Labute approximate surface area is 175 Å². The molecule has 0 spiro atoms. The molecule has 3 aromatic rings. The molecule has 2 aliphatic rings. The maximum absolute atomic E-state index is 13.4. The van der Waals surface area contributed by atoms with E-state index >= 15 is 0 Å². The zero-order valence-electron chi connectivity index (χ0n) is 16.4. The van der Waals surface area contributed by atoms with Crippen LogP contribution in [0.4, 0.5) is 5.69 Å². The summed E-state index contributed by atoms with van der Waals surface area (Å²) in [5.74, 6) is 0.271. The fraction of sp³-hybridized carbons (Fsp3) is 0.240. The smallest absolute Gasteiger partial charge is 0.162 e. The lowest BCUT2D eigenvalue weighted by Crippen LogP contribution is -2.33. The lowest BCUT2D eigenvalue weighted by atomic mass is 9.68. The standard InChI is InChI=1S/C25H22ClNO2/c1-25(2)12-18-22-16-6-4-3-5-14(16)7-9-19(22)27-24(23(18)21(29)13-25)17-11-15(26)8-10-20(17)28/h3-11,24,27-28H,12-13H2,1-2H3. The summed E-state index contributed by atoms with van der Waals surface area (Å²) in [5.41, 5.74) is 4.46. The third-order valence-electron chi connectivity index (χ3n) is 6.04. The summed E-state index contributed by atoms with van der Waals surface area (Å²) < 4.78 is 0. The summed E-state index contributed by atoms with van der Waals surface area (Å²) in [7, 11) is 0. The predicted molar refractivity (Wildman–Crippen MR) is 118 cm³/mol. The summed E-state index contributed by atoms with van der Waals surface area (Å²) in [5, 5.41) is 16.9. The van der Waals surface area contributed by atoms with E-state index in [2.05, 4.69) is 43.4 Å². The molecule has 3 nitrogen and oxygen atoms in total. The number of carbonyl (C=O) groups is 1. The molecule has 0 saturated carbocycles. The summed E-state index contributed by atoms with van der Waals surface area (Å²) >= 11 is 6.23. The van der Waals surface area contributed by atoms with Gasteiger partial charge in [0.15, 0.2) is 5.78 Å². The van der Waals surface area contributed by atoms with Crippen LogP contribution in [0.15, 0.2) is 60.2 Å². The fourth-order valence-electron chi connectivity index (χ4n) is 4.83. The van der Waals surface area contributed by atoms with E-state index in [4.69, 9.17) is 11.6 Å². The van der Waals surface area contributed by atoms with Gasteiger partial charge in [0.25, 0.3) is 0 Å². The monoisotopic (exact) mass is 403 g/mol. The van der Waals surface area contributed by atoms with E-state index in [1.807, 2.05) is 12.1 Å². The first-order valence-corrected chi connectivity index (χ1v) is 10.3. The lowest BCUT2D eigenvalue weighted by Gasteiger charge is -2.40. The van der Waals surface area contributed by atoms with Crippen LogP contribution >= 0.6 is 11.6 Å². The van der Waals surface area contributed by atoms with Crippen molar-refractivity contribution >= 4 is 39.4 Å². The Balaban J connectivity index is 1.82. The number of hydrogen-bond acceptors (Lipinski definition) is 3. The molecule has 1 aliphatic heterocycles. The van der Waals surface area contributed by atoms with Gasteiger partial charge in [-0.15, -0.1) is 0 Å². The Bertz CT molecular complexity index is 1210. The molecule has 1 unspecified atom stereocenters. The fourth-order valence-corrected chi connectivity index (χ4v) is 5.01. The number of carbonyl (C=O) groups excluding carboxylic acids is 1. The van der Waals surface area contributed by atoms with Gasteiger partial charge in [0.2, 0.25) is 0 Å². The van der Waals surface area contributed by atoms with Crippen molar-refractivity contribution in [2.24, 2.45) is 5.41 Å². The van der Waals surface area contributed by atoms with Gasteiger partial charge in [-0.3, -0.25) is 4.79 Å². The number of allylic oxidation sites excluding steroid dienone is 1. The maximum atomic E-state index is 13.4. The van der Waals surface area contributed by atoms with Crippen molar-refractivity contribution < 1.29 is 9.90 Å². The van der Waals surface area contributed by atoms with Gasteiger partial charge in [-0.2, -0.15) is 0 Å². The molecular weight excluding hydrogens is 382 g/mol. The normalized spacial score (nSPS) is 20.2. The molecule has 0 radical (unpaired) electrons. The minimum Gasteiger partial charge on any atom is -0.508 e. The third kappa shape index (κ3) is 2.92. The number of phenolic OH excluding ortho intramolecular Hbond substituents is 1. The molecule has 3 aromatic carbocycles. The molecule has 0 bridgehead atoms. The van der Waals surface area contributed by atoms with Gasteiger partial charge in [0.05, 0.1) is 6.04 Å². The number of hydrogen-bond donors (Lipinski definition) is 2. The van der Waals surface area contributed by atoms with Crippen LogP contribution in [0.25, 0.3) is 16.3 Å². The Hall–Kier alpha value is -2.78. The Morgan fingerprint density at radius 2 is 1.86 bits per heavy atom. The van der Waals surface area contributed by atoms with E-state index in [1.165, 1.54) is 0 Å². The number of phenols is 1. The number of benzene rings is 3. The van der Waals surface area contributed by atoms with Crippen LogP contribution in [0.3, 0.4) is 0 Å². The highest BCUT2D eigenvalue weighted by Gasteiger charge is 2.41. The van der Waals surface area contributed by atoms with Crippen molar-refractivity contribution in [3.05, 3.63) is 76.3 Å². The molecule has 29 heavy (non-hydrogen) atoms. The first-order valence-electron chi connectivity index (χ1n) is 9.87. The maximum Gasteiger partial charge on any atom is 0.162 e. The van der Waals surface area contributed by atoms with Gasteiger partial charge >= 0.3 is 0 Å². The van der Waals surface area contributed by atoms with Crippen molar-refractivity contribution in [1.29, 1.82) is 0 Å². The first kappa shape index (κ1) is 18.3. The van der Waals surface area contributed by atoms with Crippen LogP contribution in [0.2, 0.25) is 5.02 Å². The van der Waals surface area contributed by atoms with E-state index in [1.54, 1.807) is 18.2 Å². The molecule has 1 atom stereocenters. The van der Waals surface area contributed by atoms with Gasteiger partial charge in [0.1, 0.15) is 5.75 Å². The molecular formula is C25H22ClNO2. The van der Waals surface area contributed by atoms with Crippen LogP contribution < -0.4 is 5.32 Å². The van der Waals surface area contributed by atoms with Gasteiger partial charge < -0.3 is 10.4 Å². The van der Waals surface area contributed by atoms with E-state index < -0.39 is 6.04 Å². The van der Waals surface area contributed by atoms with Crippen molar-refractivity contribution in [2.45, 2.75) is 32.7 Å². The molecule has 1 heterocycles. The SMILES string of the molecule is CC1(C)CC(=O)C2=C(C1)c1c(ccc3ccccc13)NC2c1cc(Cl)ccc1O. The number of rotatable bonds is 1. The topological polar surface area (TPSA) is 49.3 Å². The number of anilines is 1. The van der Waals surface area contributed by atoms with E-state index in [9.17, 15) is 9.90 Å². The zero-order chi connectivity index (χ0) is 20.3. The van der Waals surface area contributed by atoms with Gasteiger partial charge in [0, 0.05) is 33.8 Å². The van der Waals surface area contributed by atoms with Gasteiger partial charge in [-0.05, 0) is 52.4 Å². The highest BCUT2D eigenvalue weighted by molar-refractivity contribution is 6.30. The molecule has 0 saturated heterocycles. The van der Waals surface area contributed by atoms with E-state index in [-0.39, 0.29) is 16.9 Å². The predicted octanol–water partition coefficient (Wildman–Crippen LogP) is 6.51. The van der Waals surface area contributed by atoms with Crippen LogP contribution in [0.1, 0.15) is 43.9 Å². The van der Waals surface area contributed by atoms with Crippen LogP contribution in [-0.4, -0.2) is 10.9 Å². The van der Waals surface area contributed by atoms with Crippen molar-refractivity contribution in [2.75, 3.05) is 5.32 Å². The second-order valence-electron chi connectivity index (χ2n) is 8.82. The first-order chi connectivity index (χ1) is 13.8. The summed E-state index contributed by atoms with van der Waals surface area (Å²) in [6.07, 6.45) is 1.31. The average Bonchev–Trinajstić information content (AvgIpc) is 2.67. The molecule has 146 valence electrons. The minimum atomic E-state index is -0.416. The molecule has 4 heteroatoms. The average molecular weight is 404 g/mol. The van der Waals surface area contributed by atoms with E-state index in [0.717, 1.165) is 39.6 Å². The Morgan fingerprint density at radius 1 is 1.07 bits per heavy atom. The second kappa shape index (κ2) is 6.36. The second-order valence-corrected chi connectivity index (χ2v) is 9.26. The number of Topliss-reactive ketones (excluding diaryl/α,β-unsaturated/α-hetero) is 1. The third-order valence-corrected chi connectivity index (χ3v) is 6.27. The van der Waals surface area contributed by atoms with Crippen molar-refractivity contribution in [1.82, 2.24) is 0 Å². The number of ketones is 1. The summed E-state index contributed by atoms with van der Waals surface area (Å²) in [6.45, 7) is 4.29. The van der Waals surface area contributed by atoms with Crippen molar-refractivity contribution in [3.8, 4) is 5.75 Å². The van der Waals surface area contributed by atoms with Crippen LogP contribution in [-0.2, 0) is 4.79 Å². The summed E-state index contributed by atoms with van der Waals surface area (Å²) in [4.78, 5) is 13.4. The molecule has 1 aliphatic carbocycles. The molecule has 0 fully saturated rings. The largest absolute Gasteiger partial charge is 0.508 e. The molecule has 0 aromatic heterocycles. The van der Waals surface area contributed by atoms with E-state index in [0.29, 0.717) is 17.0 Å². The Morgan fingerprint density at radius 3 is 2.69 bits per heavy atom. The van der Waals surface area contributed by atoms with Crippen LogP contribution in [0.5, 0.6) is 5.75 Å². The highest BCUT2D eigenvalue weighted by Crippen LogP contribution is 2.52. The number of nitrogens with one attached hydrogen (secondary N) is 1. The van der Waals surface area contributed by atoms with Crippen LogP contribution in [0, 0.1) is 5.41 Å². The van der Waals surface area contributed by atoms with Gasteiger partial charge in [-0.1, -0.05) is 55.8 Å². The quantitative estimate of drug-likeness (QED) is 0.487. The molecule has 2 N–H and O–H groups in total. The van der Waals surface area contributed by atoms with Crippen molar-refractivity contribution in [3.63, 3.8) is 0 Å². The number of fused-ring (bicyclic) bond motifs is 4. The van der Waals surface area contributed by atoms with Gasteiger partial charge in [-0.25, -0.2) is 0 Å². The highest BCUT2D eigenvalue weighted by atomic mass is 35.5. The summed E-state index contributed by atoms with van der Waals surface area (Å²) in [6, 6.07) is 17.0. The Kier molecular flexibility index (Phi) is 4.01. The number of aromatic hydroxyl groups is 1.